The van der Waals surface area contributed by atoms with Crippen molar-refractivity contribution in [3.8, 4) is 0 Å². The van der Waals surface area contributed by atoms with Crippen molar-refractivity contribution >= 4 is 51.1 Å². The predicted molar refractivity (Wildman–Crippen MR) is 125 cm³/mol. The van der Waals surface area contributed by atoms with Crippen LogP contribution in [-0.2, 0) is 9.59 Å². The molecule has 0 saturated heterocycles. The summed E-state index contributed by atoms with van der Waals surface area (Å²) in [5, 5.41) is 3.26. The fraction of sp³-hybridized carbons (Fsp3) is 0.261. The Labute approximate surface area is 188 Å². The summed E-state index contributed by atoms with van der Waals surface area (Å²) in [6, 6.07) is 12.9. The van der Waals surface area contributed by atoms with Crippen molar-refractivity contribution in [3.05, 3.63) is 74.2 Å². The summed E-state index contributed by atoms with van der Waals surface area (Å²) in [5.41, 5.74) is 0.170. The first kappa shape index (κ1) is 22.0. The van der Waals surface area contributed by atoms with Gasteiger partial charge in [0.1, 0.15) is 17.9 Å². The van der Waals surface area contributed by atoms with Crippen LogP contribution in [-0.4, -0.2) is 17.4 Å². The van der Waals surface area contributed by atoms with Gasteiger partial charge in [-0.2, -0.15) is 0 Å². The molecule has 3 aromatic rings. The number of nitrogens with zero attached hydrogens (tertiary/aromatic N) is 1. The third-order valence-electron chi connectivity index (χ3n) is 4.46. The summed E-state index contributed by atoms with van der Waals surface area (Å²) >= 11 is 2.11. The highest BCUT2D eigenvalue weighted by Crippen LogP contribution is 2.31. The maximum absolute atomic E-state index is 13.4. The monoisotopic (exact) mass is 518 g/mol. The fourth-order valence-electron chi connectivity index (χ4n) is 3.25. The van der Waals surface area contributed by atoms with Crippen LogP contribution in [0.1, 0.15) is 39.3 Å². The minimum absolute atomic E-state index is 0.102. The Morgan fingerprint density at radius 1 is 1.07 bits per heavy atom. The number of fused-ring (bicyclic) bond motifs is 1. The smallest absolute Gasteiger partial charge is 0.248 e. The van der Waals surface area contributed by atoms with Gasteiger partial charge < -0.3 is 9.73 Å². The molecule has 0 spiro atoms. The SMILES string of the molecule is CC(=O)N(c1ccccc1I)C(C(=O)NC(C)(C)C)c1coc2ccccc2c1=O. The van der Waals surface area contributed by atoms with Gasteiger partial charge in [0, 0.05) is 16.0 Å². The van der Waals surface area contributed by atoms with Crippen LogP contribution in [0.3, 0.4) is 0 Å². The van der Waals surface area contributed by atoms with E-state index >= 15 is 0 Å². The highest BCUT2D eigenvalue weighted by atomic mass is 127. The first-order valence-electron chi connectivity index (χ1n) is 9.47. The summed E-state index contributed by atoms with van der Waals surface area (Å²) in [4.78, 5) is 40.8. The van der Waals surface area contributed by atoms with Gasteiger partial charge in [-0.1, -0.05) is 24.3 Å². The van der Waals surface area contributed by atoms with Crippen LogP contribution >= 0.6 is 22.6 Å². The van der Waals surface area contributed by atoms with E-state index in [4.69, 9.17) is 4.42 Å². The Balaban J connectivity index is 2.27. The molecule has 1 aromatic heterocycles. The molecule has 0 saturated carbocycles. The second kappa shape index (κ2) is 8.59. The van der Waals surface area contributed by atoms with Crippen LogP contribution in [0, 0.1) is 3.57 Å². The van der Waals surface area contributed by atoms with E-state index in [1.165, 1.54) is 18.1 Å². The third kappa shape index (κ3) is 4.56. The number of halogens is 1. The number of nitrogens with one attached hydrogen (secondary N) is 1. The van der Waals surface area contributed by atoms with Crippen molar-refractivity contribution in [2.24, 2.45) is 0 Å². The summed E-state index contributed by atoms with van der Waals surface area (Å²) in [6.07, 6.45) is 1.28. The molecule has 2 amide bonds. The van der Waals surface area contributed by atoms with E-state index in [-0.39, 0.29) is 16.9 Å². The highest BCUT2D eigenvalue weighted by molar-refractivity contribution is 14.1. The van der Waals surface area contributed by atoms with Gasteiger partial charge in [-0.3, -0.25) is 19.3 Å². The van der Waals surface area contributed by atoms with Crippen LogP contribution < -0.4 is 15.6 Å². The average molecular weight is 518 g/mol. The summed E-state index contributed by atoms with van der Waals surface area (Å²) in [5.74, 6) is -0.819. The van der Waals surface area contributed by atoms with Gasteiger partial charge in [0.25, 0.3) is 0 Å². The van der Waals surface area contributed by atoms with Crippen molar-refractivity contribution in [2.75, 3.05) is 4.90 Å². The second-order valence-corrected chi connectivity index (χ2v) is 9.16. The van der Waals surface area contributed by atoms with E-state index in [1.54, 1.807) is 36.4 Å². The normalized spacial score (nSPS) is 12.4. The van der Waals surface area contributed by atoms with E-state index in [9.17, 15) is 14.4 Å². The largest absolute Gasteiger partial charge is 0.464 e. The molecule has 0 fully saturated rings. The standard InChI is InChI=1S/C23H23IN2O4/c1-14(27)26(18-11-7-6-10-17(18)24)20(22(29)25-23(2,3)4)16-13-30-19-12-8-5-9-15(19)21(16)28/h5-13,20H,1-4H3,(H,25,29). The summed E-state index contributed by atoms with van der Waals surface area (Å²) < 4.78 is 6.44. The van der Waals surface area contributed by atoms with Crippen molar-refractivity contribution in [1.82, 2.24) is 5.32 Å². The zero-order chi connectivity index (χ0) is 22.1. The van der Waals surface area contributed by atoms with E-state index < -0.39 is 17.5 Å². The maximum atomic E-state index is 13.4. The molecule has 7 heteroatoms. The quantitative estimate of drug-likeness (QED) is 0.520. The van der Waals surface area contributed by atoms with Gasteiger partial charge in [-0.25, -0.2) is 0 Å². The van der Waals surface area contributed by atoms with E-state index in [0.29, 0.717) is 16.7 Å². The Morgan fingerprint density at radius 3 is 2.33 bits per heavy atom. The number of carbonyl (C=O) groups excluding carboxylic acids is 2. The van der Waals surface area contributed by atoms with Crippen LogP contribution in [0.25, 0.3) is 11.0 Å². The lowest BCUT2D eigenvalue weighted by atomic mass is 10.0. The average Bonchev–Trinajstić information content (AvgIpc) is 2.66. The van der Waals surface area contributed by atoms with E-state index in [1.807, 2.05) is 32.9 Å². The van der Waals surface area contributed by atoms with Crippen molar-refractivity contribution in [2.45, 2.75) is 39.3 Å². The van der Waals surface area contributed by atoms with Gasteiger partial charge >= 0.3 is 0 Å². The first-order chi connectivity index (χ1) is 14.1. The maximum Gasteiger partial charge on any atom is 0.248 e. The molecule has 0 bridgehead atoms. The van der Waals surface area contributed by atoms with Crippen LogP contribution in [0.15, 0.2) is 64.0 Å². The minimum Gasteiger partial charge on any atom is -0.464 e. The highest BCUT2D eigenvalue weighted by Gasteiger charge is 2.36. The predicted octanol–water partition coefficient (Wildman–Crippen LogP) is 4.41. The van der Waals surface area contributed by atoms with Gasteiger partial charge in [0.2, 0.25) is 11.8 Å². The molecular formula is C23H23IN2O4. The third-order valence-corrected chi connectivity index (χ3v) is 5.37. The molecule has 2 aromatic carbocycles. The molecule has 156 valence electrons. The zero-order valence-corrected chi connectivity index (χ0v) is 19.4. The van der Waals surface area contributed by atoms with Gasteiger partial charge in [-0.05, 0) is 67.6 Å². The Bertz CT molecular complexity index is 1160. The number of hydrogen-bond donors (Lipinski definition) is 1. The molecule has 1 N–H and O–H groups in total. The van der Waals surface area contributed by atoms with Crippen molar-refractivity contribution < 1.29 is 14.0 Å². The summed E-state index contributed by atoms with van der Waals surface area (Å²) in [6.45, 7) is 6.91. The Morgan fingerprint density at radius 2 is 1.70 bits per heavy atom. The van der Waals surface area contributed by atoms with Gasteiger partial charge in [0.15, 0.2) is 5.43 Å². The molecule has 1 atom stereocenters. The molecule has 0 aliphatic heterocycles. The lowest BCUT2D eigenvalue weighted by Crippen LogP contribution is -2.50. The number of carbonyl (C=O) groups is 2. The second-order valence-electron chi connectivity index (χ2n) is 8.00. The molecule has 6 nitrogen and oxygen atoms in total. The van der Waals surface area contributed by atoms with E-state index in [2.05, 4.69) is 27.9 Å². The van der Waals surface area contributed by atoms with E-state index in [0.717, 1.165) is 3.57 Å². The molecule has 0 radical (unpaired) electrons. The molecular weight excluding hydrogens is 495 g/mol. The number of amides is 2. The Kier molecular flexibility index (Phi) is 6.30. The fourth-order valence-corrected chi connectivity index (χ4v) is 3.90. The van der Waals surface area contributed by atoms with Crippen LogP contribution in [0.2, 0.25) is 0 Å². The Hall–Kier alpha value is -2.68. The molecule has 1 unspecified atom stereocenters. The topological polar surface area (TPSA) is 79.6 Å². The van der Waals surface area contributed by atoms with Crippen LogP contribution in [0.5, 0.6) is 0 Å². The number of benzene rings is 2. The first-order valence-corrected chi connectivity index (χ1v) is 10.5. The molecule has 30 heavy (non-hydrogen) atoms. The number of hydrogen-bond acceptors (Lipinski definition) is 4. The molecule has 0 aliphatic rings. The van der Waals surface area contributed by atoms with Crippen molar-refractivity contribution in [3.63, 3.8) is 0 Å². The van der Waals surface area contributed by atoms with Gasteiger partial charge in [0.05, 0.1) is 16.6 Å². The lowest BCUT2D eigenvalue weighted by molar-refractivity contribution is -0.127. The molecule has 1 heterocycles. The zero-order valence-electron chi connectivity index (χ0n) is 17.2. The molecule has 3 rings (SSSR count). The number of para-hydroxylation sites is 2. The minimum atomic E-state index is -1.18. The molecule has 0 aliphatic carbocycles. The number of rotatable bonds is 4. The van der Waals surface area contributed by atoms with Crippen LogP contribution in [0.4, 0.5) is 5.69 Å². The lowest BCUT2D eigenvalue weighted by Gasteiger charge is -2.33. The summed E-state index contributed by atoms with van der Waals surface area (Å²) in [7, 11) is 0. The van der Waals surface area contributed by atoms with Gasteiger partial charge in [-0.15, -0.1) is 0 Å². The van der Waals surface area contributed by atoms with Crippen molar-refractivity contribution in [1.29, 1.82) is 0 Å². The number of anilines is 1.